The first-order chi connectivity index (χ1) is 14.4. The lowest BCUT2D eigenvalue weighted by Gasteiger charge is -2.41. The molecular formula is C22H38N4O4Si. The van der Waals surface area contributed by atoms with Crippen LogP contribution in [-0.4, -0.2) is 71.2 Å². The molecule has 0 unspecified atom stereocenters. The third-order valence-electron chi connectivity index (χ3n) is 7.26. The van der Waals surface area contributed by atoms with Crippen molar-refractivity contribution < 1.29 is 14.6 Å². The van der Waals surface area contributed by atoms with E-state index in [2.05, 4.69) is 48.7 Å². The Bertz CT molecular complexity index is 892. The molecule has 1 aliphatic carbocycles. The van der Waals surface area contributed by atoms with Crippen molar-refractivity contribution in [2.75, 3.05) is 20.2 Å². The number of hydrogen-bond donors (Lipinski definition) is 2. The summed E-state index contributed by atoms with van der Waals surface area (Å²) in [6.07, 6.45) is 2.89. The molecule has 8 nitrogen and oxygen atoms in total. The molecule has 31 heavy (non-hydrogen) atoms. The van der Waals surface area contributed by atoms with Gasteiger partial charge >= 0.3 is 5.69 Å². The van der Waals surface area contributed by atoms with Gasteiger partial charge in [0, 0.05) is 37.7 Å². The van der Waals surface area contributed by atoms with Crippen molar-refractivity contribution in [1.29, 1.82) is 0 Å². The predicted octanol–water partition coefficient (Wildman–Crippen LogP) is 2.61. The van der Waals surface area contributed by atoms with Crippen LogP contribution in [0.2, 0.25) is 18.1 Å². The Balaban J connectivity index is 1.97. The van der Waals surface area contributed by atoms with E-state index in [1.165, 1.54) is 0 Å². The number of amidine groups is 1. The maximum atomic E-state index is 13.0. The minimum Gasteiger partial charge on any atom is -0.411 e. The van der Waals surface area contributed by atoms with Crippen LogP contribution in [0.15, 0.2) is 16.0 Å². The molecule has 3 rings (SSSR count). The lowest BCUT2D eigenvalue weighted by atomic mass is 10.0. The maximum Gasteiger partial charge on any atom is 0.349 e. The Morgan fingerprint density at radius 1 is 1.35 bits per heavy atom. The van der Waals surface area contributed by atoms with Gasteiger partial charge in [-0.3, -0.25) is 4.57 Å². The molecule has 2 aliphatic rings. The molecule has 9 heteroatoms. The van der Waals surface area contributed by atoms with Gasteiger partial charge in [-0.25, -0.2) is 9.79 Å². The van der Waals surface area contributed by atoms with E-state index in [4.69, 9.17) is 4.43 Å². The van der Waals surface area contributed by atoms with Crippen molar-refractivity contribution in [2.45, 2.75) is 83.3 Å². The number of aromatic nitrogens is 2. The fourth-order valence-corrected chi connectivity index (χ4v) is 5.57. The summed E-state index contributed by atoms with van der Waals surface area (Å²) in [5.74, 6) is 0.964. The smallest absolute Gasteiger partial charge is 0.349 e. The van der Waals surface area contributed by atoms with Crippen LogP contribution >= 0.6 is 0 Å². The average Bonchev–Trinajstić information content (AvgIpc) is 3.19. The molecule has 1 aromatic rings. The summed E-state index contributed by atoms with van der Waals surface area (Å²) in [6, 6.07) is -0.379. The van der Waals surface area contributed by atoms with Gasteiger partial charge in [0.2, 0.25) is 0 Å². The summed E-state index contributed by atoms with van der Waals surface area (Å²) >= 11 is 0. The van der Waals surface area contributed by atoms with E-state index < -0.39 is 32.1 Å². The third kappa shape index (κ3) is 4.79. The minimum absolute atomic E-state index is 0.0303. The molecule has 1 saturated carbocycles. The Kier molecular flexibility index (Phi) is 6.81. The van der Waals surface area contributed by atoms with E-state index in [1.807, 2.05) is 14.0 Å². The zero-order valence-corrected chi connectivity index (χ0v) is 20.9. The van der Waals surface area contributed by atoms with Gasteiger partial charge in [0.15, 0.2) is 14.1 Å². The van der Waals surface area contributed by atoms with Crippen LogP contribution in [0, 0.1) is 12.8 Å². The standard InChI is InChI=1S/C22H38N4O4Si/c1-14-12-26(21(29)24-20(14)23-18-9-8-10-25(18)5)16-11-17(28)15(13-27)19(16)30-31(6,7)22(2,3)4/h12,15-17,19,27-28H,8-11,13H2,1-7H3/t15-,16+,17+,19-/m1/s1. The number of aryl methyl sites for hydroxylation is 1. The molecule has 1 saturated heterocycles. The van der Waals surface area contributed by atoms with Crippen molar-refractivity contribution in [3.8, 4) is 0 Å². The van der Waals surface area contributed by atoms with E-state index in [0.717, 1.165) is 30.8 Å². The van der Waals surface area contributed by atoms with Gasteiger partial charge in [-0.2, -0.15) is 4.98 Å². The topological polar surface area (TPSA) is 100 Å². The van der Waals surface area contributed by atoms with Crippen molar-refractivity contribution in [1.82, 2.24) is 14.5 Å². The molecule has 2 fully saturated rings. The second-order valence-electron chi connectivity index (χ2n) is 10.6. The second kappa shape index (κ2) is 8.76. The largest absolute Gasteiger partial charge is 0.411 e. The van der Waals surface area contributed by atoms with Gasteiger partial charge in [0.05, 0.1) is 24.9 Å². The number of likely N-dealkylation sites (tertiary alicyclic amines) is 1. The molecule has 0 aromatic carbocycles. The molecule has 0 bridgehead atoms. The van der Waals surface area contributed by atoms with Crippen molar-refractivity contribution in [3.05, 3.63) is 22.2 Å². The van der Waals surface area contributed by atoms with Crippen LogP contribution in [0.4, 0.5) is 5.82 Å². The number of hydrogen-bond acceptors (Lipinski definition) is 6. The highest BCUT2D eigenvalue weighted by Gasteiger charge is 2.49. The quantitative estimate of drug-likeness (QED) is 0.669. The van der Waals surface area contributed by atoms with Crippen molar-refractivity contribution in [2.24, 2.45) is 10.9 Å². The number of aliphatic hydroxyl groups excluding tert-OH is 2. The minimum atomic E-state index is -2.19. The molecular weight excluding hydrogens is 412 g/mol. The van der Waals surface area contributed by atoms with Crippen LogP contribution in [0.1, 0.15) is 51.6 Å². The molecule has 1 aliphatic heterocycles. The average molecular weight is 451 g/mol. The van der Waals surface area contributed by atoms with Crippen molar-refractivity contribution in [3.63, 3.8) is 0 Å². The van der Waals surface area contributed by atoms with Gasteiger partial charge in [-0.05, 0) is 37.9 Å². The van der Waals surface area contributed by atoms with Gasteiger partial charge in [-0.15, -0.1) is 0 Å². The number of aliphatic imine (C=N–C) groups is 1. The highest BCUT2D eigenvalue weighted by Crippen LogP contribution is 2.44. The predicted molar refractivity (Wildman–Crippen MR) is 124 cm³/mol. The molecule has 2 heterocycles. The Morgan fingerprint density at radius 2 is 2.03 bits per heavy atom. The fraction of sp³-hybridized carbons (Fsp3) is 0.773. The fourth-order valence-electron chi connectivity index (χ4n) is 4.21. The van der Waals surface area contributed by atoms with E-state index >= 15 is 0 Å². The number of aliphatic hydroxyl groups is 2. The number of nitrogens with zero attached hydrogens (tertiary/aromatic N) is 4. The number of rotatable bonds is 5. The van der Waals surface area contributed by atoms with E-state index in [1.54, 1.807) is 10.8 Å². The summed E-state index contributed by atoms with van der Waals surface area (Å²) < 4.78 is 8.23. The zero-order valence-electron chi connectivity index (χ0n) is 19.9. The second-order valence-corrected chi connectivity index (χ2v) is 15.3. The van der Waals surface area contributed by atoms with E-state index in [0.29, 0.717) is 12.2 Å². The van der Waals surface area contributed by atoms with Crippen LogP contribution < -0.4 is 5.69 Å². The lowest BCUT2D eigenvalue weighted by molar-refractivity contribution is 0.0267. The van der Waals surface area contributed by atoms with Crippen LogP contribution in [0.25, 0.3) is 0 Å². The van der Waals surface area contributed by atoms with Crippen LogP contribution in [0.3, 0.4) is 0 Å². The molecule has 0 amide bonds. The van der Waals surface area contributed by atoms with Crippen molar-refractivity contribution >= 4 is 20.0 Å². The summed E-state index contributed by atoms with van der Waals surface area (Å²) in [5, 5.41) is 20.6. The first kappa shape index (κ1) is 24.1. The Labute approximate surface area is 186 Å². The van der Waals surface area contributed by atoms with E-state index in [-0.39, 0.29) is 17.7 Å². The summed E-state index contributed by atoms with van der Waals surface area (Å²) in [4.78, 5) is 24.0. The normalized spacial score (nSPS) is 28.7. The molecule has 0 radical (unpaired) electrons. The third-order valence-corrected chi connectivity index (χ3v) is 11.7. The Morgan fingerprint density at radius 3 is 2.58 bits per heavy atom. The molecule has 4 atom stereocenters. The highest BCUT2D eigenvalue weighted by atomic mass is 28.4. The van der Waals surface area contributed by atoms with Gasteiger partial charge < -0.3 is 19.5 Å². The lowest BCUT2D eigenvalue weighted by Crippen LogP contribution is -2.48. The Hall–Kier alpha value is -1.55. The van der Waals surface area contributed by atoms with Crippen LogP contribution in [0.5, 0.6) is 0 Å². The highest BCUT2D eigenvalue weighted by molar-refractivity contribution is 6.74. The summed E-state index contributed by atoms with van der Waals surface area (Å²) in [7, 11) is -0.192. The van der Waals surface area contributed by atoms with Gasteiger partial charge in [-0.1, -0.05) is 20.8 Å². The molecule has 1 aromatic heterocycles. The monoisotopic (exact) mass is 450 g/mol. The summed E-state index contributed by atoms with van der Waals surface area (Å²) in [6.45, 7) is 13.4. The summed E-state index contributed by atoms with van der Waals surface area (Å²) in [5.41, 5.74) is 0.408. The van der Waals surface area contributed by atoms with Gasteiger partial charge in [0.1, 0.15) is 5.84 Å². The first-order valence-electron chi connectivity index (χ1n) is 11.2. The zero-order chi connectivity index (χ0) is 23.1. The molecule has 2 N–H and O–H groups in total. The molecule has 0 spiro atoms. The van der Waals surface area contributed by atoms with Gasteiger partial charge in [0.25, 0.3) is 0 Å². The SMILES string of the molecule is Cc1cn([C@H]2C[C@H](O)[C@@H](CO)[C@H]2O[Si](C)(C)C(C)(C)C)c(=O)nc1N=C1CCCN1C. The first-order valence-corrected chi connectivity index (χ1v) is 14.1. The van der Waals surface area contributed by atoms with Crippen LogP contribution in [-0.2, 0) is 4.43 Å². The molecule has 174 valence electrons. The maximum absolute atomic E-state index is 13.0. The van der Waals surface area contributed by atoms with E-state index in [9.17, 15) is 15.0 Å².